The Hall–Kier alpha value is -3.66. The minimum absolute atomic E-state index is 0.0881. The van der Waals surface area contributed by atoms with Gasteiger partial charge in [0.1, 0.15) is 11.9 Å². The van der Waals surface area contributed by atoms with Gasteiger partial charge in [0.2, 0.25) is 0 Å². The van der Waals surface area contributed by atoms with E-state index in [-0.39, 0.29) is 16.7 Å². The van der Waals surface area contributed by atoms with Crippen LogP contribution in [0.1, 0.15) is 17.2 Å². The zero-order valence-electron chi connectivity index (χ0n) is 15.0. The average Bonchev–Trinajstić information content (AvgIpc) is 3.20. The molecule has 136 valence electrons. The summed E-state index contributed by atoms with van der Waals surface area (Å²) in [6.07, 6.45) is 0.453. The van der Waals surface area contributed by atoms with Gasteiger partial charge in [-0.1, -0.05) is 66.7 Å². The number of non-ortho nitro benzene ring substituents is 1. The third-order valence-corrected chi connectivity index (χ3v) is 5.29. The summed E-state index contributed by atoms with van der Waals surface area (Å²) >= 11 is 0. The fourth-order valence-corrected chi connectivity index (χ4v) is 3.96. The maximum absolute atomic E-state index is 11.2. The molecule has 28 heavy (non-hydrogen) atoms. The molecule has 1 atom stereocenters. The van der Waals surface area contributed by atoms with Crippen molar-refractivity contribution in [3.63, 3.8) is 0 Å². The van der Waals surface area contributed by atoms with E-state index in [1.165, 1.54) is 6.07 Å². The molecule has 0 bridgehead atoms. The van der Waals surface area contributed by atoms with Crippen LogP contribution >= 0.6 is 0 Å². The standard InChI is InChI=1S/C24H17NO3/c26-25(27)19-11-6-10-18(13-19)23-15-22-21(16-7-2-1-3-8-16)14-17-9-4-5-12-20(17)24(22)28-23/h1-14,23H,15H2. The molecule has 1 unspecified atom stereocenters. The Morgan fingerprint density at radius 2 is 1.68 bits per heavy atom. The van der Waals surface area contributed by atoms with Crippen LogP contribution in [0.15, 0.2) is 84.9 Å². The van der Waals surface area contributed by atoms with E-state index in [0.29, 0.717) is 6.42 Å². The summed E-state index contributed by atoms with van der Waals surface area (Å²) in [5, 5.41) is 13.4. The van der Waals surface area contributed by atoms with Gasteiger partial charge in [0.15, 0.2) is 0 Å². The molecular weight excluding hydrogens is 350 g/mol. The molecule has 4 heteroatoms. The molecule has 0 saturated heterocycles. The lowest BCUT2D eigenvalue weighted by Gasteiger charge is -2.12. The van der Waals surface area contributed by atoms with E-state index >= 15 is 0 Å². The van der Waals surface area contributed by atoms with Crippen molar-refractivity contribution in [3.8, 4) is 16.9 Å². The highest BCUT2D eigenvalue weighted by Gasteiger charge is 2.30. The molecule has 1 aliphatic rings. The van der Waals surface area contributed by atoms with Crippen molar-refractivity contribution in [1.82, 2.24) is 0 Å². The molecule has 4 nitrogen and oxygen atoms in total. The van der Waals surface area contributed by atoms with Gasteiger partial charge in [-0.05, 0) is 28.1 Å². The van der Waals surface area contributed by atoms with Crippen molar-refractivity contribution >= 4 is 16.5 Å². The Labute approximate surface area is 162 Å². The molecule has 0 aromatic heterocycles. The quantitative estimate of drug-likeness (QED) is 0.325. The van der Waals surface area contributed by atoms with Gasteiger partial charge in [0, 0.05) is 29.5 Å². The van der Waals surface area contributed by atoms with Gasteiger partial charge < -0.3 is 4.74 Å². The molecule has 4 aromatic rings. The smallest absolute Gasteiger partial charge is 0.269 e. The Morgan fingerprint density at radius 1 is 0.893 bits per heavy atom. The van der Waals surface area contributed by atoms with Crippen molar-refractivity contribution < 1.29 is 9.66 Å². The lowest BCUT2D eigenvalue weighted by molar-refractivity contribution is -0.385. The number of rotatable bonds is 3. The topological polar surface area (TPSA) is 52.4 Å². The molecule has 0 N–H and O–H groups in total. The van der Waals surface area contributed by atoms with E-state index in [4.69, 9.17) is 4.74 Å². The summed E-state index contributed by atoms with van der Waals surface area (Å²) in [7, 11) is 0. The van der Waals surface area contributed by atoms with E-state index in [1.807, 2.05) is 36.4 Å². The van der Waals surface area contributed by atoms with E-state index in [1.54, 1.807) is 12.1 Å². The first-order chi connectivity index (χ1) is 13.7. The molecule has 0 saturated carbocycles. The van der Waals surface area contributed by atoms with Crippen LogP contribution in [0.25, 0.3) is 21.9 Å². The van der Waals surface area contributed by atoms with Gasteiger partial charge in [0.25, 0.3) is 5.69 Å². The van der Waals surface area contributed by atoms with E-state index in [2.05, 4.69) is 30.3 Å². The predicted octanol–water partition coefficient (Wildman–Crippen LogP) is 6.09. The van der Waals surface area contributed by atoms with Crippen LogP contribution in [-0.2, 0) is 6.42 Å². The normalized spacial score (nSPS) is 15.2. The fourth-order valence-electron chi connectivity index (χ4n) is 3.96. The van der Waals surface area contributed by atoms with Crippen molar-refractivity contribution in [1.29, 1.82) is 0 Å². The highest BCUT2D eigenvalue weighted by molar-refractivity contribution is 5.95. The number of ether oxygens (including phenoxy) is 1. The summed E-state index contributed by atoms with van der Waals surface area (Å²) in [4.78, 5) is 10.8. The number of nitrogens with zero attached hydrogens (tertiary/aromatic N) is 1. The van der Waals surface area contributed by atoms with Gasteiger partial charge in [-0.3, -0.25) is 10.1 Å². The van der Waals surface area contributed by atoms with Gasteiger partial charge in [0.05, 0.1) is 4.92 Å². The van der Waals surface area contributed by atoms with Crippen LogP contribution in [0, 0.1) is 10.1 Å². The summed E-state index contributed by atoms with van der Waals surface area (Å²) in [6.45, 7) is 0. The maximum Gasteiger partial charge on any atom is 0.269 e. The Bertz CT molecular complexity index is 1200. The molecule has 0 fully saturated rings. The fraction of sp³-hybridized carbons (Fsp3) is 0.0833. The highest BCUT2D eigenvalue weighted by Crippen LogP contribution is 2.46. The second-order valence-corrected chi connectivity index (χ2v) is 6.98. The largest absolute Gasteiger partial charge is 0.484 e. The molecule has 0 radical (unpaired) electrons. The van der Waals surface area contributed by atoms with Gasteiger partial charge in [-0.2, -0.15) is 0 Å². The van der Waals surface area contributed by atoms with Crippen molar-refractivity contribution in [2.45, 2.75) is 12.5 Å². The number of hydrogen-bond donors (Lipinski definition) is 0. The molecule has 0 amide bonds. The average molecular weight is 367 g/mol. The zero-order valence-corrected chi connectivity index (χ0v) is 15.0. The molecule has 0 spiro atoms. The first-order valence-electron chi connectivity index (χ1n) is 9.22. The van der Waals surface area contributed by atoms with Crippen LogP contribution in [0.4, 0.5) is 5.69 Å². The molecule has 4 aromatic carbocycles. The van der Waals surface area contributed by atoms with Crippen molar-refractivity contribution in [2.75, 3.05) is 0 Å². The maximum atomic E-state index is 11.2. The van der Waals surface area contributed by atoms with Crippen LogP contribution in [-0.4, -0.2) is 4.92 Å². The molecular formula is C24H17NO3. The second-order valence-electron chi connectivity index (χ2n) is 6.98. The number of nitro groups is 1. The Kier molecular flexibility index (Phi) is 3.83. The van der Waals surface area contributed by atoms with Crippen LogP contribution in [0.3, 0.4) is 0 Å². The lowest BCUT2D eigenvalue weighted by Crippen LogP contribution is -2.03. The number of hydrogen-bond acceptors (Lipinski definition) is 3. The van der Waals surface area contributed by atoms with E-state index in [9.17, 15) is 10.1 Å². The lowest BCUT2D eigenvalue weighted by atomic mass is 9.92. The summed E-state index contributed by atoms with van der Waals surface area (Å²) in [5.74, 6) is 0.883. The minimum atomic E-state index is -0.365. The van der Waals surface area contributed by atoms with Crippen molar-refractivity contribution in [2.24, 2.45) is 0 Å². The van der Waals surface area contributed by atoms with Crippen molar-refractivity contribution in [3.05, 3.63) is 106 Å². The van der Waals surface area contributed by atoms with E-state index in [0.717, 1.165) is 38.8 Å². The SMILES string of the molecule is O=[N+]([O-])c1cccc(C2Cc3c(-c4ccccc4)cc4ccccc4c3O2)c1. The molecule has 0 aliphatic carbocycles. The zero-order chi connectivity index (χ0) is 19.1. The Morgan fingerprint density at radius 3 is 2.50 bits per heavy atom. The third kappa shape index (κ3) is 2.70. The third-order valence-electron chi connectivity index (χ3n) is 5.29. The second kappa shape index (κ2) is 6.50. The van der Waals surface area contributed by atoms with Crippen LogP contribution < -0.4 is 4.74 Å². The Balaban J connectivity index is 1.66. The molecule has 1 aliphatic heterocycles. The monoisotopic (exact) mass is 367 g/mol. The molecule has 5 rings (SSSR count). The van der Waals surface area contributed by atoms with Gasteiger partial charge in [-0.15, -0.1) is 0 Å². The first kappa shape index (κ1) is 16.5. The summed E-state index contributed by atoms with van der Waals surface area (Å²) < 4.78 is 6.38. The minimum Gasteiger partial charge on any atom is -0.484 e. The van der Waals surface area contributed by atoms with Crippen LogP contribution in [0.2, 0.25) is 0 Å². The van der Waals surface area contributed by atoms with E-state index < -0.39 is 0 Å². The molecule has 1 heterocycles. The number of fused-ring (bicyclic) bond motifs is 3. The predicted molar refractivity (Wildman–Crippen MR) is 110 cm³/mol. The van der Waals surface area contributed by atoms with Gasteiger partial charge in [-0.25, -0.2) is 0 Å². The highest BCUT2D eigenvalue weighted by atomic mass is 16.6. The number of nitro benzene ring substituents is 1. The first-order valence-corrected chi connectivity index (χ1v) is 9.22. The van der Waals surface area contributed by atoms with Gasteiger partial charge >= 0.3 is 0 Å². The van der Waals surface area contributed by atoms with Crippen LogP contribution in [0.5, 0.6) is 5.75 Å². The summed E-state index contributed by atoms with van der Waals surface area (Å²) in [6, 6.07) is 27.4. The number of benzene rings is 4. The summed E-state index contributed by atoms with van der Waals surface area (Å²) in [5.41, 5.74) is 4.37.